The largest absolute Gasteiger partial charge is 0.495 e. The third kappa shape index (κ3) is 5.20. The lowest BCUT2D eigenvalue weighted by Gasteiger charge is -2.17. The molecule has 25 heavy (non-hydrogen) atoms. The molecule has 0 aliphatic heterocycles. The first-order valence-electron chi connectivity index (χ1n) is 7.57. The van der Waals surface area contributed by atoms with Gasteiger partial charge in [0.2, 0.25) is 5.91 Å². The molecule has 1 atom stereocenters. The minimum atomic E-state index is -0.820. The van der Waals surface area contributed by atoms with Crippen LogP contribution in [0.3, 0.4) is 0 Å². The number of anilines is 2. The van der Waals surface area contributed by atoms with Crippen molar-refractivity contribution in [2.24, 2.45) is 0 Å². The van der Waals surface area contributed by atoms with Crippen LogP contribution in [-0.2, 0) is 9.59 Å². The summed E-state index contributed by atoms with van der Waals surface area (Å²) in [5.74, 6) is -0.207. The summed E-state index contributed by atoms with van der Waals surface area (Å²) in [7, 11) is 1.47. The molecule has 0 aliphatic carbocycles. The maximum absolute atomic E-state index is 12.9. The normalized spacial score (nSPS) is 11.4. The van der Waals surface area contributed by atoms with Crippen LogP contribution in [0.4, 0.5) is 15.8 Å². The second kappa shape index (κ2) is 8.14. The van der Waals surface area contributed by atoms with Crippen LogP contribution in [0.25, 0.3) is 0 Å². The number of hydrogen-bond donors (Lipinski definition) is 2. The lowest BCUT2D eigenvalue weighted by molar-refractivity contribution is -0.122. The minimum absolute atomic E-state index is 0.226. The van der Waals surface area contributed by atoms with Crippen LogP contribution in [0.15, 0.2) is 42.5 Å². The zero-order valence-corrected chi connectivity index (χ0v) is 14.1. The molecule has 2 amide bonds. The van der Waals surface area contributed by atoms with Crippen LogP contribution in [0.2, 0.25) is 0 Å². The summed E-state index contributed by atoms with van der Waals surface area (Å²) < 4.78 is 23.6. The lowest BCUT2D eigenvalue weighted by atomic mass is 10.2. The Morgan fingerprint density at radius 3 is 2.36 bits per heavy atom. The van der Waals surface area contributed by atoms with Gasteiger partial charge in [-0.25, -0.2) is 4.39 Å². The van der Waals surface area contributed by atoms with E-state index in [-0.39, 0.29) is 11.7 Å². The van der Waals surface area contributed by atoms with Gasteiger partial charge in [0, 0.05) is 12.6 Å². The number of carbonyl (C=O) groups excluding carboxylic acids is 2. The van der Waals surface area contributed by atoms with Gasteiger partial charge in [0.05, 0.1) is 12.8 Å². The fourth-order valence-corrected chi connectivity index (χ4v) is 2.09. The first-order chi connectivity index (χ1) is 11.9. The van der Waals surface area contributed by atoms with Gasteiger partial charge < -0.3 is 20.1 Å². The molecular weight excluding hydrogens is 327 g/mol. The van der Waals surface area contributed by atoms with Gasteiger partial charge in [0.15, 0.2) is 6.10 Å². The highest BCUT2D eigenvalue weighted by molar-refractivity contribution is 5.97. The molecule has 0 fully saturated rings. The summed E-state index contributed by atoms with van der Waals surface area (Å²) in [5.41, 5.74) is 0.920. The number of methoxy groups -OCH3 is 1. The molecule has 6 nitrogen and oxygen atoms in total. The van der Waals surface area contributed by atoms with Gasteiger partial charge in [-0.15, -0.1) is 0 Å². The third-order valence-electron chi connectivity index (χ3n) is 3.27. The highest BCUT2D eigenvalue weighted by Gasteiger charge is 2.17. The number of halogens is 1. The molecule has 2 aromatic rings. The number of ether oxygens (including phenoxy) is 2. The Labute approximate surface area is 144 Å². The van der Waals surface area contributed by atoms with Gasteiger partial charge in [-0.05, 0) is 49.4 Å². The Bertz CT molecular complexity index is 762. The molecule has 0 saturated heterocycles. The summed E-state index contributed by atoms with van der Waals surface area (Å²) in [6, 6.07) is 10.3. The maximum Gasteiger partial charge on any atom is 0.265 e. The topological polar surface area (TPSA) is 76.7 Å². The summed E-state index contributed by atoms with van der Waals surface area (Å²) in [4.78, 5) is 23.5. The van der Waals surface area contributed by atoms with Crippen molar-refractivity contribution in [2.75, 3.05) is 17.7 Å². The molecule has 132 valence electrons. The fourth-order valence-electron chi connectivity index (χ4n) is 2.09. The van der Waals surface area contributed by atoms with E-state index in [2.05, 4.69) is 10.6 Å². The highest BCUT2D eigenvalue weighted by Crippen LogP contribution is 2.28. The van der Waals surface area contributed by atoms with E-state index in [4.69, 9.17) is 9.47 Å². The number of benzene rings is 2. The highest BCUT2D eigenvalue weighted by atomic mass is 19.1. The zero-order chi connectivity index (χ0) is 18.4. The molecule has 0 bridgehead atoms. The minimum Gasteiger partial charge on any atom is -0.495 e. The van der Waals surface area contributed by atoms with Crippen LogP contribution in [0, 0.1) is 5.82 Å². The Hall–Kier alpha value is -3.09. The fraction of sp³-hybridized carbons (Fsp3) is 0.222. The van der Waals surface area contributed by atoms with E-state index in [9.17, 15) is 14.0 Å². The SMILES string of the molecule is COc1ccc(NC(C)=O)cc1NC(=O)[C@H](C)Oc1ccc(F)cc1. The van der Waals surface area contributed by atoms with E-state index in [0.717, 1.165) is 0 Å². The van der Waals surface area contributed by atoms with Crippen LogP contribution in [-0.4, -0.2) is 25.0 Å². The number of rotatable bonds is 6. The van der Waals surface area contributed by atoms with E-state index >= 15 is 0 Å². The monoisotopic (exact) mass is 346 g/mol. The average molecular weight is 346 g/mol. The zero-order valence-electron chi connectivity index (χ0n) is 14.1. The van der Waals surface area contributed by atoms with Gasteiger partial charge >= 0.3 is 0 Å². The first-order valence-corrected chi connectivity index (χ1v) is 7.57. The average Bonchev–Trinajstić information content (AvgIpc) is 2.56. The Morgan fingerprint density at radius 2 is 1.76 bits per heavy atom. The number of nitrogens with one attached hydrogen (secondary N) is 2. The van der Waals surface area contributed by atoms with E-state index in [0.29, 0.717) is 22.9 Å². The van der Waals surface area contributed by atoms with Gasteiger partial charge in [-0.3, -0.25) is 9.59 Å². The van der Waals surface area contributed by atoms with Gasteiger partial charge in [-0.2, -0.15) is 0 Å². The van der Waals surface area contributed by atoms with Crippen LogP contribution in [0.5, 0.6) is 11.5 Å². The summed E-state index contributed by atoms with van der Waals surface area (Å²) in [6.45, 7) is 2.96. The molecule has 7 heteroatoms. The van der Waals surface area contributed by atoms with Crippen molar-refractivity contribution in [2.45, 2.75) is 20.0 Å². The molecule has 0 aromatic heterocycles. The van der Waals surface area contributed by atoms with Gasteiger partial charge in [0.1, 0.15) is 17.3 Å². The first kappa shape index (κ1) is 18.3. The Morgan fingerprint density at radius 1 is 1.08 bits per heavy atom. The quantitative estimate of drug-likeness (QED) is 0.842. The van der Waals surface area contributed by atoms with E-state index in [1.54, 1.807) is 25.1 Å². The van der Waals surface area contributed by atoms with Crippen molar-refractivity contribution in [3.05, 3.63) is 48.3 Å². The second-order valence-corrected chi connectivity index (χ2v) is 5.30. The molecule has 0 spiro atoms. The predicted octanol–water partition coefficient (Wildman–Crippen LogP) is 3.20. The molecule has 2 rings (SSSR count). The molecule has 0 radical (unpaired) electrons. The van der Waals surface area contributed by atoms with Crippen molar-refractivity contribution in [3.8, 4) is 11.5 Å². The van der Waals surface area contributed by atoms with Gasteiger partial charge in [-0.1, -0.05) is 0 Å². The molecule has 0 saturated carbocycles. The summed E-state index contributed by atoms with van der Waals surface area (Å²) in [6.07, 6.45) is -0.820. The number of hydrogen-bond acceptors (Lipinski definition) is 4. The van der Waals surface area contributed by atoms with Crippen LogP contribution < -0.4 is 20.1 Å². The van der Waals surface area contributed by atoms with E-state index < -0.39 is 12.0 Å². The standard InChI is InChI=1S/C18H19FN2O4/c1-11(25-15-7-4-13(19)5-8-15)18(23)21-16-10-14(20-12(2)22)6-9-17(16)24-3/h4-11H,1-3H3,(H,20,22)(H,21,23)/t11-/m0/s1. The Balaban J connectivity index is 2.09. The van der Waals surface area contributed by atoms with E-state index in [1.807, 2.05) is 0 Å². The smallest absolute Gasteiger partial charge is 0.265 e. The number of amides is 2. The van der Waals surface area contributed by atoms with Gasteiger partial charge in [0.25, 0.3) is 5.91 Å². The summed E-state index contributed by atoms with van der Waals surface area (Å²) >= 11 is 0. The lowest BCUT2D eigenvalue weighted by Crippen LogP contribution is -2.30. The van der Waals surface area contributed by atoms with Crippen molar-refractivity contribution in [1.29, 1.82) is 0 Å². The maximum atomic E-state index is 12.9. The molecular formula is C18H19FN2O4. The van der Waals surface area contributed by atoms with E-state index in [1.165, 1.54) is 38.3 Å². The summed E-state index contributed by atoms with van der Waals surface area (Å²) in [5, 5.41) is 5.32. The van der Waals surface area contributed by atoms with Crippen LogP contribution >= 0.6 is 0 Å². The molecule has 0 heterocycles. The molecule has 2 N–H and O–H groups in total. The molecule has 0 aliphatic rings. The molecule has 0 unspecified atom stereocenters. The van der Waals surface area contributed by atoms with Crippen molar-refractivity contribution < 1.29 is 23.5 Å². The predicted molar refractivity (Wildman–Crippen MR) is 92.4 cm³/mol. The molecule has 2 aromatic carbocycles. The van der Waals surface area contributed by atoms with Crippen molar-refractivity contribution >= 4 is 23.2 Å². The van der Waals surface area contributed by atoms with Crippen molar-refractivity contribution in [1.82, 2.24) is 0 Å². The number of carbonyl (C=O) groups is 2. The van der Waals surface area contributed by atoms with Crippen molar-refractivity contribution in [3.63, 3.8) is 0 Å². The Kier molecular flexibility index (Phi) is 5.94. The third-order valence-corrected chi connectivity index (χ3v) is 3.27. The van der Waals surface area contributed by atoms with Crippen LogP contribution in [0.1, 0.15) is 13.8 Å². The second-order valence-electron chi connectivity index (χ2n) is 5.30.